The predicted molar refractivity (Wildman–Crippen MR) is 71.4 cm³/mol. The van der Waals surface area contributed by atoms with Crippen LogP contribution in [0, 0.1) is 27.7 Å². The second-order valence-electron chi connectivity index (χ2n) is 5.09. The predicted octanol–water partition coefficient (Wildman–Crippen LogP) is 3.89. The van der Waals surface area contributed by atoms with Gasteiger partial charge in [-0.25, -0.2) is 0 Å². The third kappa shape index (κ3) is 1.35. The number of hydrogen-bond donors (Lipinski definition) is 0. The van der Waals surface area contributed by atoms with Gasteiger partial charge in [0, 0.05) is 17.5 Å². The first-order valence-electron chi connectivity index (χ1n) is 6.14. The van der Waals surface area contributed by atoms with E-state index in [-0.39, 0.29) is 0 Å². The monoisotopic (exact) mass is 223 g/mol. The van der Waals surface area contributed by atoms with Crippen molar-refractivity contribution in [2.75, 3.05) is 0 Å². The summed E-state index contributed by atoms with van der Waals surface area (Å²) < 4.78 is 0. The third-order valence-corrected chi connectivity index (χ3v) is 4.08. The Balaban J connectivity index is 2.36. The van der Waals surface area contributed by atoms with Crippen LogP contribution in [0.1, 0.15) is 33.5 Å². The topological polar surface area (TPSA) is 12.9 Å². The molecule has 1 aromatic heterocycles. The van der Waals surface area contributed by atoms with Crippen LogP contribution in [0.2, 0.25) is 0 Å². The van der Waals surface area contributed by atoms with Crippen LogP contribution in [0.25, 0.3) is 11.1 Å². The average Bonchev–Trinajstić information content (AvgIpc) is 2.70. The van der Waals surface area contributed by atoms with Gasteiger partial charge in [-0.05, 0) is 67.5 Å². The minimum Gasteiger partial charge on any atom is -0.261 e. The molecule has 0 amide bonds. The fourth-order valence-corrected chi connectivity index (χ4v) is 2.85. The number of benzene rings is 1. The molecule has 0 atom stereocenters. The Kier molecular flexibility index (Phi) is 2.12. The van der Waals surface area contributed by atoms with Gasteiger partial charge in [0.2, 0.25) is 0 Å². The van der Waals surface area contributed by atoms with Gasteiger partial charge < -0.3 is 0 Å². The minimum absolute atomic E-state index is 1.08. The first-order valence-corrected chi connectivity index (χ1v) is 6.14. The Morgan fingerprint density at radius 2 is 1.71 bits per heavy atom. The lowest BCUT2D eigenvalue weighted by atomic mass is 9.98. The molecule has 1 nitrogen and oxygen atoms in total. The second-order valence-corrected chi connectivity index (χ2v) is 5.09. The molecule has 0 N–H and O–H groups in total. The lowest BCUT2D eigenvalue weighted by Gasteiger charge is -2.08. The maximum atomic E-state index is 4.50. The fourth-order valence-electron chi connectivity index (χ4n) is 2.85. The Bertz CT molecular complexity index is 624. The molecule has 0 unspecified atom stereocenters. The van der Waals surface area contributed by atoms with Crippen molar-refractivity contribution in [3.63, 3.8) is 0 Å². The van der Waals surface area contributed by atoms with E-state index in [1.165, 1.54) is 38.9 Å². The third-order valence-electron chi connectivity index (χ3n) is 4.08. The Morgan fingerprint density at radius 3 is 2.47 bits per heavy atom. The van der Waals surface area contributed by atoms with Gasteiger partial charge in [0.05, 0.1) is 0 Å². The number of rotatable bonds is 0. The lowest BCUT2D eigenvalue weighted by Crippen LogP contribution is -1.92. The highest BCUT2D eigenvalue weighted by Gasteiger charge is 2.24. The summed E-state index contributed by atoms with van der Waals surface area (Å²) in [7, 11) is 0. The van der Waals surface area contributed by atoms with Crippen molar-refractivity contribution in [2.24, 2.45) is 0 Å². The molecule has 17 heavy (non-hydrogen) atoms. The molecule has 0 aliphatic heterocycles. The Labute approximate surface area is 103 Å². The average molecular weight is 223 g/mol. The van der Waals surface area contributed by atoms with Crippen LogP contribution < -0.4 is 0 Å². The molecule has 86 valence electrons. The molecule has 1 heteroatoms. The highest BCUT2D eigenvalue weighted by Crippen LogP contribution is 2.41. The van der Waals surface area contributed by atoms with E-state index >= 15 is 0 Å². The van der Waals surface area contributed by atoms with Crippen LogP contribution in [-0.4, -0.2) is 4.98 Å². The van der Waals surface area contributed by atoms with Crippen LogP contribution in [0.15, 0.2) is 18.3 Å². The van der Waals surface area contributed by atoms with E-state index in [0.717, 1.165) is 12.1 Å². The van der Waals surface area contributed by atoms with Gasteiger partial charge >= 0.3 is 0 Å². The molecule has 0 saturated heterocycles. The molecule has 1 heterocycles. The van der Waals surface area contributed by atoms with Crippen LogP contribution in [-0.2, 0) is 6.42 Å². The summed E-state index contributed by atoms with van der Waals surface area (Å²) in [4.78, 5) is 4.50. The SMILES string of the molecule is Cc1ccc2c(c1C)Cc1c(C)cnc(C)c1-2. The van der Waals surface area contributed by atoms with Crippen LogP contribution >= 0.6 is 0 Å². The van der Waals surface area contributed by atoms with E-state index in [2.05, 4.69) is 44.8 Å². The van der Waals surface area contributed by atoms with Gasteiger partial charge in [0.15, 0.2) is 0 Å². The number of hydrogen-bond acceptors (Lipinski definition) is 1. The molecular weight excluding hydrogens is 206 g/mol. The fraction of sp³-hybridized carbons (Fsp3) is 0.312. The molecule has 2 aromatic rings. The van der Waals surface area contributed by atoms with Gasteiger partial charge in [-0.3, -0.25) is 4.98 Å². The molecule has 0 bridgehead atoms. The van der Waals surface area contributed by atoms with Crippen molar-refractivity contribution in [2.45, 2.75) is 34.1 Å². The zero-order chi connectivity index (χ0) is 12.2. The number of fused-ring (bicyclic) bond motifs is 3. The largest absolute Gasteiger partial charge is 0.261 e. The van der Waals surface area contributed by atoms with Crippen molar-refractivity contribution in [1.82, 2.24) is 4.98 Å². The van der Waals surface area contributed by atoms with Crippen LogP contribution in [0.3, 0.4) is 0 Å². The molecule has 3 rings (SSSR count). The van der Waals surface area contributed by atoms with Crippen molar-refractivity contribution < 1.29 is 0 Å². The van der Waals surface area contributed by atoms with E-state index in [1.807, 2.05) is 6.20 Å². The van der Waals surface area contributed by atoms with Crippen molar-refractivity contribution in [3.8, 4) is 11.1 Å². The van der Waals surface area contributed by atoms with Crippen molar-refractivity contribution >= 4 is 0 Å². The van der Waals surface area contributed by atoms with E-state index in [0.29, 0.717) is 0 Å². The van der Waals surface area contributed by atoms with E-state index in [1.54, 1.807) is 0 Å². The first-order chi connectivity index (χ1) is 8.09. The van der Waals surface area contributed by atoms with Crippen molar-refractivity contribution in [3.05, 3.63) is 51.8 Å². The first kappa shape index (κ1) is 10.5. The molecule has 0 saturated carbocycles. The molecule has 1 aliphatic rings. The zero-order valence-corrected chi connectivity index (χ0v) is 10.9. The van der Waals surface area contributed by atoms with Crippen molar-refractivity contribution in [1.29, 1.82) is 0 Å². The zero-order valence-electron chi connectivity index (χ0n) is 10.9. The number of nitrogens with zero attached hydrogens (tertiary/aromatic N) is 1. The smallest absolute Gasteiger partial charge is 0.0454 e. The summed E-state index contributed by atoms with van der Waals surface area (Å²) in [5, 5.41) is 0. The second kappa shape index (κ2) is 3.43. The van der Waals surface area contributed by atoms with E-state index in [4.69, 9.17) is 0 Å². The molecule has 0 fully saturated rings. The summed E-state index contributed by atoms with van der Waals surface area (Å²) in [5.74, 6) is 0. The van der Waals surface area contributed by atoms with Gasteiger partial charge in [0.25, 0.3) is 0 Å². The van der Waals surface area contributed by atoms with Gasteiger partial charge in [-0.2, -0.15) is 0 Å². The maximum Gasteiger partial charge on any atom is 0.0454 e. The number of aromatic nitrogens is 1. The maximum absolute atomic E-state index is 4.50. The molecule has 0 spiro atoms. The van der Waals surface area contributed by atoms with E-state index < -0.39 is 0 Å². The van der Waals surface area contributed by atoms with Gasteiger partial charge in [0.1, 0.15) is 0 Å². The van der Waals surface area contributed by atoms with E-state index in [9.17, 15) is 0 Å². The molecule has 0 radical (unpaired) electrons. The minimum atomic E-state index is 1.08. The van der Waals surface area contributed by atoms with Crippen LogP contribution in [0.4, 0.5) is 0 Å². The summed E-state index contributed by atoms with van der Waals surface area (Å²) in [6.07, 6.45) is 3.08. The lowest BCUT2D eigenvalue weighted by molar-refractivity contribution is 1.12. The Morgan fingerprint density at radius 1 is 0.941 bits per heavy atom. The summed E-state index contributed by atoms with van der Waals surface area (Å²) >= 11 is 0. The van der Waals surface area contributed by atoms with Crippen LogP contribution in [0.5, 0.6) is 0 Å². The summed E-state index contributed by atoms with van der Waals surface area (Å²) in [6, 6.07) is 4.49. The molecular formula is C16H17N. The highest BCUT2D eigenvalue weighted by atomic mass is 14.7. The Hall–Kier alpha value is -1.63. The summed E-state index contributed by atoms with van der Waals surface area (Å²) in [5.41, 5.74) is 11.1. The summed E-state index contributed by atoms with van der Waals surface area (Å²) in [6.45, 7) is 8.70. The number of pyridine rings is 1. The quantitative estimate of drug-likeness (QED) is 0.563. The van der Waals surface area contributed by atoms with Gasteiger partial charge in [-0.15, -0.1) is 0 Å². The highest BCUT2D eigenvalue weighted by molar-refractivity contribution is 5.80. The van der Waals surface area contributed by atoms with Gasteiger partial charge in [-0.1, -0.05) is 12.1 Å². The number of aryl methyl sites for hydroxylation is 3. The standard InChI is InChI=1S/C16H17N/c1-9-5-6-13-15(11(9)3)7-14-10(2)8-17-12(4)16(13)14/h5-6,8H,7H2,1-4H3. The molecule has 1 aromatic carbocycles. The molecule has 1 aliphatic carbocycles. The normalized spacial score (nSPS) is 12.5.